The molecule has 1 N–H and O–H groups in total. The van der Waals surface area contributed by atoms with Gasteiger partial charge >= 0.3 is 0 Å². The second kappa shape index (κ2) is 9.64. The van der Waals surface area contributed by atoms with Crippen molar-refractivity contribution in [1.82, 2.24) is 0 Å². The van der Waals surface area contributed by atoms with Crippen molar-refractivity contribution >= 4 is 29.0 Å². The number of nitrogens with zero attached hydrogens (tertiary/aromatic N) is 1. The zero-order chi connectivity index (χ0) is 17.4. The molecular weight excluding hydrogens is 328 g/mol. The first-order valence-corrected chi connectivity index (χ1v) is 9.64. The fourth-order valence-corrected chi connectivity index (χ4v) is 2.90. The van der Waals surface area contributed by atoms with Crippen molar-refractivity contribution in [2.75, 3.05) is 61.7 Å². The van der Waals surface area contributed by atoms with E-state index in [0.29, 0.717) is 43.6 Å². The maximum atomic E-state index is 12.0. The van der Waals surface area contributed by atoms with Crippen molar-refractivity contribution in [2.24, 2.45) is 0 Å². The van der Waals surface area contributed by atoms with Crippen LogP contribution in [0.1, 0.15) is 13.8 Å². The number of amides is 1. The Kier molecular flexibility index (Phi) is 7.52. The highest BCUT2D eigenvalue weighted by Gasteiger charge is 2.20. The molecule has 0 spiro atoms. The molecule has 134 valence electrons. The van der Waals surface area contributed by atoms with E-state index >= 15 is 0 Å². The maximum absolute atomic E-state index is 12.0. The molecule has 1 amide bonds. The minimum absolute atomic E-state index is 0.0509. The number of rotatable bonds is 8. The lowest BCUT2D eigenvalue weighted by atomic mass is 10.2. The third-order valence-electron chi connectivity index (χ3n) is 3.56. The molecule has 24 heavy (non-hydrogen) atoms. The van der Waals surface area contributed by atoms with Crippen LogP contribution in [0.15, 0.2) is 12.1 Å². The van der Waals surface area contributed by atoms with Crippen LogP contribution in [0.3, 0.4) is 0 Å². The van der Waals surface area contributed by atoms with Crippen LogP contribution in [0.25, 0.3) is 0 Å². The summed E-state index contributed by atoms with van der Waals surface area (Å²) in [6.07, 6.45) is 1.90. The molecule has 1 saturated heterocycles. The van der Waals surface area contributed by atoms with E-state index in [1.54, 1.807) is 0 Å². The van der Waals surface area contributed by atoms with Crippen molar-refractivity contribution < 1.29 is 19.0 Å². The minimum atomic E-state index is -0.0509. The summed E-state index contributed by atoms with van der Waals surface area (Å²) < 4.78 is 17.0. The number of hydrogen-bond donors (Lipinski definition) is 1. The molecule has 0 unspecified atom stereocenters. The molecule has 1 heterocycles. The van der Waals surface area contributed by atoms with Gasteiger partial charge in [-0.25, -0.2) is 0 Å². The van der Waals surface area contributed by atoms with E-state index in [9.17, 15) is 4.79 Å². The third-order valence-corrected chi connectivity index (χ3v) is 4.11. The average Bonchev–Trinajstić information content (AvgIpc) is 2.58. The molecule has 0 atom stereocenters. The zero-order valence-electron chi connectivity index (χ0n) is 14.6. The third kappa shape index (κ3) is 4.95. The highest BCUT2D eigenvalue weighted by Crippen LogP contribution is 2.39. The van der Waals surface area contributed by atoms with E-state index < -0.39 is 0 Å². The molecule has 1 aromatic rings. The fraction of sp³-hybridized carbons (Fsp3) is 0.588. The van der Waals surface area contributed by atoms with Gasteiger partial charge in [-0.1, -0.05) is 0 Å². The van der Waals surface area contributed by atoms with E-state index in [1.165, 1.54) is 11.8 Å². The number of anilines is 2. The molecule has 7 heteroatoms. The zero-order valence-corrected chi connectivity index (χ0v) is 15.4. The second-order valence-electron chi connectivity index (χ2n) is 5.26. The molecular formula is C17H26N2O4S. The van der Waals surface area contributed by atoms with Crippen LogP contribution >= 0.6 is 11.8 Å². The molecule has 0 aromatic heterocycles. The van der Waals surface area contributed by atoms with Gasteiger partial charge in [-0.2, -0.15) is 11.8 Å². The highest BCUT2D eigenvalue weighted by molar-refractivity contribution is 7.99. The van der Waals surface area contributed by atoms with Crippen LogP contribution in [0.4, 0.5) is 11.4 Å². The predicted molar refractivity (Wildman–Crippen MR) is 98.8 cm³/mol. The summed E-state index contributed by atoms with van der Waals surface area (Å²) in [5, 5.41) is 2.92. The van der Waals surface area contributed by atoms with Crippen molar-refractivity contribution in [1.29, 1.82) is 0 Å². The highest BCUT2D eigenvalue weighted by atomic mass is 32.2. The Labute approximate surface area is 147 Å². The molecule has 0 radical (unpaired) electrons. The van der Waals surface area contributed by atoms with Crippen LogP contribution in [-0.2, 0) is 9.53 Å². The summed E-state index contributed by atoms with van der Waals surface area (Å²) >= 11 is 1.48. The predicted octanol–water partition coefficient (Wildman–Crippen LogP) is 2.62. The molecule has 1 aliphatic rings. The van der Waals surface area contributed by atoms with E-state index in [2.05, 4.69) is 10.2 Å². The van der Waals surface area contributed by atoms with Crippen LogP contribution in [0, 0.1) is 0 Å². The number of thioether (sulfide) groups is 1. The minimum Gasteiger partial charge on any atom is -0.492 e. The Morgan fingerprint density at radius 2 is 1.88 bits per heavy atom. The Hall–Kier alpha value is -1.60. The topological polar surface area (TPSA) is 60.0 Å². The lowest BCUT2D eigenvalue weighted by Gasteiger charge is -2.31. The first-order chi connectivity index (χ1) is 11.7. The molecule has 0 aliphatic carbocycles. The number of hydrogen-bond acceptors (Lipinski definition) is 6. The Balaban J connectivity index is 2.35. The van der Waals surface area contributed by atoms with E-state index in [-0.39, 0.29) is 5.91 Å². The van der Waals surface area contributed by atoms with Gasteiger partial charge in [0.1, 0.15) is 11.5 Å². The van der Waals surface area contributed by atoms with Crippen LogP contribution in [0.2, 0.25) is 0 Å². The standard InChI is InChI=1S/C17H26N2O4S/c1-4-22-15-11-14(19-6-8-21-9-7-19)16(23-5-2)10-13(15)18-17(20)12-24-3/h10-11H,4-9,12H2,1-3H3,(H,18,20). The maximum Gasteiger partial charge on any atom is 0.234 e. The summed E-state index contributed by atoms with van der Waals surface area (Å²) in [4.78, 5) is 14.2. The number of carbonyl (C=O) groups is 1. The largest absolute Gasteiger partial charge is 0.492 e. The fourth-order valence-electron chi connectivity index (χ4n) is 2.56. The van der Waals surface area contributed by atoms with Gasteiger partial charge in [0, 0.05) is 25.2 Å². The summed E-state index contributed by atoms with van der Waals surface area (Å²) in [5.74, 6) is 1.77. The molecule has 6 nitrogen and oxygen atoms in total. The molecule has 1 fully saturated rings. The van der Waals surface area contributed by atoms with E-state index in [4.69, 9.17) is 14.2 Å². The van der Waals surface area contributed by atoms with Gasteiger partial charge in [0.15, 0.2) is 0 Å². The first kappa shape index (κ1) is 18.7. The first-order valence-electron chi connectivity index (χ1n) is 8.24. The van der Waals surface area contributed by atoms with Gasteiger partial charge in [-0.15, -0.1) is 0 Å². The number of benzene rings is 1. The lowest BCUT2D eigenvalue weighted by molar-refractivity contribution is -0.113. The second-order valence-corrected chi connectivity index (χ2v) is 6.13. The molecule has 0 bridgehead atoms. The lowest BCUT2D eigenvalue weighted by Crippen LogP contribution is -2.36. The van der Waals surface area contributed by atoms with Gasteiger partial charge in [0.05, 0.1) is 43.6 Å². The van der Waals surface area contributed by atoms with Crippen molar-refractivity contribution in [2.45, 2.75) is 13.8 Å². The van der Waals surface area contributed by atoms with Gasteiger partial charge in [0.25, 0.3) is 0 Å². The Morgan fingerprint density at radius 1 is 1.21 bits per heavy atom. The Bertz CT molecular complexity index is 548. The van der Waals surface area contributed by atoms with Crippen molar-refractivity contribution in [3.8, 4) is 11.5 Å². The Morgan fingerprint density at radius 3 is 2.50 bits per heavy atom. The quantitative estimate of drug-likeness (QED) is 0.774. The molecule has 2 rings (SSSR count). The van der Waals surface area contributed by atoms with Gasteiger partial charge < -0.3 is 24.4 Å². The van der Waals surface area contributed by atoms with Gasteiger partial charge in [0.2, 0.25) is 5.91 Å². The number of morpholine rings is 1. The smallest absolute Gasteiger partial charge is 0.234 e. The summed E-state index contributed by atoms with van der Waals surface area (Å²) in [6, 6.07) is 3.81. The molecule has 0 saturated carbocycles. The van der Waals surface area contributed by atoms with Crippen molar-refractivity contribution in [3.05, 3.63) is 12.1 Å². The molecule has 1 aliphatic heterocycles. The number of ether oxygens (including phenoxy) is 3. The van der Waals surface area contributed by atoms with Crippen LogP contribution in [0.5, 0.6) is 11.5 Å². The normalized spacial score (nSPS) is 14.4. The van der Waals surface area contributed by atoms with E-state index in [0.717, 1.165) is 24.5 Å². The number of nitrogens with one attached hydrogen (secondary N) is 1. The summed E-state index contributed by atoms with van der Waals surface area (Å²) in [6.45, 7) is 7.98. The van der Waals surface area contributed by atoms with Gasteiger partial charge in [-0.3, -0.25) is 4.79 Å². The SMILES string of the molecule is CCOc1cc(N2CCOCC2)c(OCC)cc1NC(=O)CSC. The average molecular weight is 354 g/mol. The summed E-state index contributed by atoms with van der Waals surface area (Å²) in [7, 11) is 0. The number of carbonyl (C=O) groups excluding carboxylic acids is 1. The van der Waals surface area contributed by atoms with E-state index in [1.807, 2.05) is 32.2 Å². The summed E-state index contributed by atoms with van der Waals surface area (Å²) in [5.41, 5.74) is 1.63. The monoisotopic (exact) mass is 354 g/mol. The van der Waals surface area contributed by atoms with Crippen LogP contribution < -0.4 is 19.7 Å². The molecule has 1 aromatic carbocycles. The van der Waals surface area contributed by atoms with Gasteiger partial charge in [-0.05, 0) is 20.1 Å². The van der Waals surface area contributed by atoms with Crippen molar-refractivity contribution in [3.63, 3.8) is 0 Å². The van der Waals surface area contributed by atoms with Crippen LogP contribution in [-0.4, -0.2) is 57.4 Å².